The number of hydrogen-bond acceptors (Lipinski definition) is 4. The van der Waals surface area contributed by atoms with Gasteiger partial charge in [-0.25, -0.2) is 4.79 Å². The lowest BCUT2D eigenvalue weighted by molar-refractivity contribution is -0.122. The van der Waals surface area contributed by atoms with Crippen LogP contribution in [0, 0.1) is 5.92 Å². The van der Waals surface area contributed by atoms with Crippen molar-refractivity contribution in [2.75, 3.05) is 13.1 Å². The number of likely N-dealkylation sites (tertiary alicyclic amines) is 1. The van der Waals surface area contributed by atoms with Gasteiger partial charge in [0.1, 0.15) is 10.6 Å². The van der Waals surface area contributed by atoms with E-state index in [2.05, 4.69) is 10.2 Å². The maximum atomic E-state index is 12.0. The van der Waals surface area contributed by atoms with Crippen molar-refractivity contribution >= 4 is 29.2 Å². The van der Waals surface area contributed by atoms with Crippen LogP contribution in [0.2, 0.25) is 0 Å². The van der Waals surface area contributed by atoms with Gasteiger partial charge in [-0.15, -0.1) is 0 Å². The number of nitrogens with two attached hydrogens (primary N) is 1. The van der Waals surface area contributed by atoms with E-state index in [1.54, 1.807) is 0 Å². The molecule has 0 aromatic rings. The molecule has 0 spiro atoms. The van der Waals surface area contributed by atoms with E-state index < -0.39 is 11.7 Å². The highest BCUT2D eigenvalue weighted by Crippen LogP contribution is 2.19. The number of nitrogens with zero attached hydrogens (tertiary/aromatic N) is 1. The lowest BCUT2D eigenvalue weighted by Gasteiger charge is -2.35. The van der Waals surface area contributed by atoms with Crippen LogP contribution >= 0.6 is 12.2 Å². The topological polar surface area (TPSA) is 84.7 Å². The standard InChI is InChI=1S/C16H29N3O3S/c1-5-6-12(18-15(21)22-16(2,3)4)14(23)19-9-7-11(8-10-19)13(17)20/h11-12H,5-10H2,1-4H3,(H2,17,20)(H,18,21)/t12-/m1/s1. The van der Waals surface area contributed by atoms with Gasteiger partial charge in [-0.05, 0) is 40.0 Å². The number of carbonyl (C=O) groups is 2. The second kappa shape index (κ2) is 8.47. The lowest BCUT2D eigenvalue weighted by atomic mass is 9.96. The van der Waals surface area contributed by atoms with Crippen molar-refractivity contribution in [1.29, 1.82) is 0 Å². The molecule has 2 amide bonds. The number of thiocarbonyl (C=S) groups is 1. The number of amides is 2. The molecule has 0 saturated carbocycles. The summed E-state index contributed by atoms with van der Waals surface area (Å²) >= 11 is 5.56. The molecule has 1 heterocycles. The quantitative estimate of drug-likeness (QED) is 0.748. The van der Waals surface area contributed by atoms with Crippen molar-refractivity contribution in [2.24, 2.45) is 11.7 Å². The Kier molecular flexibility index (Phi) is 7.25. The van der Waals surface area contributed by atoms with E-state index in [0.717, 1.165) is 12.8 Å². The highest BCUT2D eigenvalue weighted by atomic mass is 32.1. The van der Waals surface area contributed by atoms with Gasteiger partial charge in [0.2, 0.25) is 5.91 Å². The van der Waals surface area contributed by atoms with Crippen molar-refractivity contribution in [3.05, 3.63) is 0 Å². The Morgan fingerprint density at radius 3 is 2.35 bits per heavy atom. The van der Waals surface area contributed by atoms with Gasteiger partial charge in [0.05, 0.1) is 6.04 Å². The summed E-state index contributed by atoms with van der Waals surface area (Å²) in [5, 5.41) is 2.87. The minimum absolute atomic E-state index is 0.0718. The van der Waals surface area contributed by atoms with Gasteiger partial charge >= 0.3 is 6.09 Å². The maximum absolute atomic E-state index is 12.0. The highest BCUT2D eigenvalue weighted by molar-refractivity contribution is 7.80. The molecule has 0 aromatic carbocycles. The van der Waals surface area contributed by atoms with Crippen molar-refractivity contribution in [3.63, 3.8) is 0 Å². The summed E-state index contributed by atoms with van der Waals surface area (Å²) in [6.45, 7) is 8.92. The Labute approximate surface area is 144 Å². The summed E-state index contributed by atoms with van der Waals surface area (Å²) < 4.78 is 5.31. The largest absolute Gasteiger partial charge is 0.444 e. The van der Waals surface area contributed by atoms with Crippen LogP contribution in [0.5, 0.6) is 0 Å². The van der Waals surface area contributed by atoms with E-state index in [-0.39, 0.29) is 17.9 Å². The van der Waals surface area contributed by atoms with Gasteiger partial charge in [0, 0.05) is 19.0 Å². The first-order chi connectivity index (χ1) is 10.6. The first-order valence-corrected chi connectivity index (χ1v) is 8.62. The number of ether oxygens (including phenoxy) is 1. The average Bonchev–Trinajstić information content (AvgIpc) is 2.44. The third-order valence-electron chi connectivity index (χ3n) is 3.78. The fourth-order valence-electron chi connectivity index (χ4n) is 2.60. The molecule has 0 aromatic heterocycles. The Morgan fingerprint density at radius 2 is 1.91 bits per heavy atom. The summed E-state index contributed by atoms with van der Waals surface area (Å²) in [6, 6.07) is -0.227. The fraction of sp³-hybridized carbons (Fsp3) is 0.812. The molecule has 23 heavy (non-hydrogen) atoms. The van der Waals surface area contributed by atoms with E-state index in [1.807, 2.05) is 27.7 Å². The minimum atomic E-state index is -0.539. The Hall–Kier alpha value is -1.37. The maximum Gasteiger partial charge on any atom is 0.408 e. The third-order valence-corrected chi connectivity index (χ3v) is 4.32. The zero-order valence-corrected chi connectivity index (χ0v) is 15.4. The zero-order valence-electron chi connectivity index (χ0n) is 14.6. The van der Waals surface area contributed by atoms with Crippen LogP contribution in [0.3, 0.4) is 0 Å². The highest BCUT2D eigenvalue weighted by Gasteiger charge is 2.29. The van der Waals surface area contributed by atoms with Crippen molar-refractivity contribution in [3.8, 4) is 0 Å². The lowest BCUT2D eigenvalue weighted by Crippen LogP contribution is -2.51. The number of carbonyl (C=O) groups excluding carboxylic acids is 2. The van der Waals surface area contributed by atoms with Gasteiger partial charge in [0.15, 0.2) is 0 Å². The van der Waals surface area contributed by atoms with E-state index in [0.29, 0.717) is 30.9 Å². The zero-order chi connectivity index (χ0) is 17.6. The van der Waals surface area contributed by atoms with Crippen LogP contribution in [0.25, 0.3) is 0 Å². The van der Waals surface area contributed by atoms with E-state index in [1.165, 1.54) is 0 Å². The summed E-state index contributed by atoms with van der Waals surface area (Å²) in [5.41, 5.74) is 4.82. The van der Waals surface area contributed by atoms with Gasteiger partial charge in [-0.2, -0.15) is 0 Å². The summed E-state index contributed by atoms with van der Waals surface area (Å²) in [6.07, 6.45) is 2.62. The molecule has 0 unspecified atom stereocenters. The molecule has 6 nitrogen and oxygen atoms in total. The molecule has 0 bridgehead atoms. The Morgan fingerprint density at radius 1 is 1.35 bits per heavy atom. The monoisotopic (exact) mass is 343 g/mol. The van der Waals surface area contributed by atoms with E-state index in [9.17, 15) is 9.59 Å². The second-order valence-electron chi connectivity index (χ2n) is 6.99. The molecule has 1 aliphatic rings. The van der Waals surface area contributed by atoms with Crippen LogP contribution in [0.4, 0.5) is 4.79 Å². The van der Waals surface area contributed by atoms with Crippen molar-refractivity contribution < 1.29 is 14.3 Å². The number of piperidine rings is 1. The minimum Gasteiger partial charge on any atom is -0.444 e. The second-order valence-corrected chi connectivity index (χ2v) is 7.41. The summed E-state index contributed by atoms with van der Waals surface area (Å²) in [4.78, 5) is 26.0. The number of primary amides is 1. The average molecular weight is 343 g/mol. The van der Waals surface area contributed by atoms with Crippen LogP contribution in [0.15, 0.2) is 0 Å². The predicted octanol–water partition coefficient (Wildman–Crippen LogP) is 2.20. The molecule has 1 saturated heterocycles. The third kappa shape index (κ3) is 6.72. The SMILES string of the molecule is CCC[C@@H](NC(=O)OC(C)(C)C)C(=S)N1CCC(C(N)=O)CC1. The molecular formula is C16H29N3O3S. The number of alkyl carbamates (subject to hydrolysis) is 1. The van der Waals surface area contributed by atoms with Crippen LogP contribution in [-0.2, 0) is 9.53 Å². The summed E-state index contributed by atoms with van der Waals surface area (Å²) in [5.74, 6) is -0.315. The van der Waals surface area contributed by atoms with E-state index in [4.69, 9.17) is 22.7 Å². The van der Waals surface area contributed by atoms with Crippen molar-refractivity contribution in [2.45, 2.75) is 65.0 Å². The molecule has 0 aliphatic carbocycles. The first-order valence-electron chi connectivity index (χ1n) is 8.21. The number of hydrogen-bond donors (Lipinski definition) is 2. The molecule has 3 N–H and O–H groups in total. The molecule has 132 valence electrons. The molecular weight excluding hydrogens is 314 g/mol. The molecule has 1 fully saturated rings. The van der Waals surface area contributed by atoms with Gasteiger partial charge < -0.3 is 20.7 Å². The van der Waals surface area contributed by atoms with Crippen LogP contribution < -0.4 is 11.1 Å². The molecule has 0 radical (unpaired) electrons. The van der Waals surface area contributed by atoms with Crippen LogP contribution in [-0.4, -0.2) is 46.6 Å². The van der Waals surface area contributed by atoms with Crippen molar-refractivity contribution in [1.82, 2.24) is 10.2 Å². The molecule has 1 atom stereocenters. The normalized spacial score (nSPS) is 17.5. The van der Waals surface area contributed by atoms with E-state index >= 15 is 0 Å². The first kappa shape index (κ1) is 19.7. The number of nitrogens with one attached hydrogen (secondary N) is 1. The Bertz CT molecular complexity index is 440. The summed E-state index contributed by atoms with van der Waals surface area (Å²) in [7, 11) is 0. The van der Waals surface area contributed by atoms with Gasteiger partial charge in [0.25, 0.3) is 0 Å². The molecule has 1 rings (SSSR count). The van der Waals surface area contributed by atoms with Crippen LogP contribution in [0.1, 0.15) is 53.4 Å². The molecule has 7 heteroatoms. The van der Waals surface area contributed by atoms with Gasteiger partial charge in [-0.3, -0.25) is 4.79 Å². The smallest absolute Gasteiger partial charge is 0.408 e. The van der Waals surface area contributed by atoms with Gasteiger partial charge in [-0.1, -0.05) is 25.6 Å². The predicted molar refractivity (Wildman–Crippen MR) is 94.2 cm³/mol. The number of rotatable bonds is 5. The fourth-order valence-corrected chi connectivity index (χ4v) is 2.96. The molecule has 1 aliphatic heterocycles. The Balaban J connectivity index is 2.61.